The monoisotopic (exact) mass is 348 g/mol. The van der Waals surface area contributed by atoms with Gasteiger partial charge < -0.3 is 15.3 Å². The summed E-state index contributed by atoms with van der Waals surface area (Å²) in [5.74, 6) is -1.34. The molecule has 0 aromatic heterocycles. The molecule has 0 spiro atoms. The number of rotatable bonds is 2. The van der Waals surface area contributed by atoms with Crippen LogP contribution in [0.1, 0.15) is 0 Å². The van der Waals surface area contributed by atoms with Gasteiger partial charge in [0.15, 0.2) is 0 Å². The fraction of sp³-hybridized carbons (Fsp3) is 0.0667. The minimum absolute atomic E-state index is 0.0947. The Morgan fingerprint density at radius 1 is 1.10 bits per heavy atom. The summed E-state index contributed by atoms with van der Waals surface area (Å²) in [5.41, 5.74) is 1.04. The Hall–Kier alpha value is -2.34. The van der Waals surface area contributed by atoms with E-state index in [9.17, 15) is 14.7 Å². The van der Waals surface area contributed by atoms with E-state index in [0.717, 1.165) is 0 Å². The molecule has 2 aromatic rings. The second-order valence-corrected chi connectivity index (χ2v) is 5.17. The maximum Gasteiger partial charge on any atom is 0.316 e. The zero-order valence-electron chi connectivity index (χ0n) is 11.2. The lowest BCUT2D eigenvalue weighted by molar-refractivity contribution is -0.134. The van der Waals surface area contributed by atoms with Gasteiger partial charge in [-0.25, -0.2) is 0 Å². The quantitative estimate of drug-likeness (QED) is 0.820. The predicted octanol–water partition coefficient (Wildman–Crippen LogP) is 2.76. The van der Waals surface area contributed by atoms with E-state index in [-0.39, 0.29) is 5.75 Å². The van der Waals surface area contributed by atoms with Crippen molar-refractivity contribution in [3.05, 3.63) is 53.0 Å². The molecule has 0 saturated carbocycles. The largest absolute Gasteiger partial charge is 0.508 e. The van der Waals surface area contributed by atoms with Gasteiger partial charge in [0.25, 0.3) is 0 Å². The van der Waals surface area contributed by atoms with E-state index in [1.807, 2.05) is 6.07 Å². The summed E-state index contributed by atoms with van der Waals surface area (Å²) in [5, 5.41) is 11.8. The number of nitrogens with one attached hydrogen (secondary N) is 1. The molecule has 21 heavy (non-hydrogen) atoms. The first kappa shape index (κ1) is 15.1. The van der Waals surface area contributed by atoms with Gasteiger partial charge in [0.1, 0.15) is 5.75 Å². The van der Waals surface area contributed by atoms with Crippen molar-refractivity contribution in [1.82, 2.24) is 0 Å². The van der Waals surface area contributed by atoms with Crippen LogP contribution in [0.4, 0.5) is 11.4 Å². The lowest BCUT2D eigenvalue weighted by Crippen LogP contribution is -2.37. The van der Waals surface area contributed by atoms with Crippen LogP contribution in [-0.4, -0.2) is 24.0 Å². The normalized spacial score (nSPS) is 10.0. The molecule has 0 bridgehead atoms. The van der Waals surface area contributed by atoms with Gasteiger partial charge in [-0.05, 0) is 52.3 Å². The number of carbonyl (C=O) groups excluding carboxylic acids is 2. The van der Waals surface area contributed by atoms with Crippen molar-refractivity contribution in [1.29, 1.82) is 0 Å². The summed E-state index contributed by atoms with van der Waals surface area (Å²) in [6, 6.07) is 13.0. The number of hydrogen-bond acceptors (Lipinski definition) is 3. The summed E-state index contributed by atoms with van der Waals surface area (Å²) in [6.07, 6.45) is 0. The number of anilines is 2. The Bertz CT molecular complexity index is 671. The molecule has 0 aliphatic rings. The third-order valence-corrected chi connectivity index (χ3v) is 3.55. The van der Waals surface area contributed by atoms with Crippen LogP contribution in [-0.2, 0) is 9.59 Å². The Labute approximate surface area is 130 Å². The lowest BCUT2D eigenvalue weighted by atomic mass is 10.2. The van der Waals surface area contributed by atoms with Gasteiger partial charge in [-0.15, -0.1) is 0 Å². The van der Waals surface area contributed by atoms with Crippen LogP contribution in [0.15, 0.2) is 53.0 Å². The Morgan fingerprint density at radius 2 is 1.71 bits per heavy atom. The van der Waals surface area contributed by atoms with Gasteiger partial charge in [0.2, 0.25) is 0 Å². The fourth-order valence-electron chi connectivity index (χ4n) is 1.68. The molecule has 2 rings (SSSR count). The number of halogens is 1. The summed E-state index contributed by atoms with van der Waals surface area (Å²) in [7, 11) is 1.49. The van der Waals surface area contributed by atoms with Gasteiger partial charge in [-0.2, -0.15) is 0 Å². The third kappa shape index (κ3) is 3.61. The molecule has 2 aromatic carbocycles. The van der Waals surface area contributed by atoms with Crippen LogP contribution in [0.5, 0.6) is 5.75 Å². The van der Waals surface area contributed by atoms with Crippen molar-refractivity contribution in [3.8, 4) is 5.75 Å². The standard InChI is InChI=1S/C15H13BrN2O3/c1-18(10-6-8-11(19)9-7-10)15(21)14(20)17-13-5-3-2-4-12(13)16/h2-9,19H,1H3,(H,17,20). The number of aromatic hydroxyl groups is 1. The van der Waals surface area contributed by atoms with Crippen LogP contribution >= 0.6 is 15.9 Å². The highest BCUT2D eigenvalue weighted by Crippen LogP contribution is 2.22. The van der Waals surface area contributed by atoms with Crippen molar-refractivity contribution in [2.45, 2.75) is 0 Å². The highest BCUT2D eigenvalue weighted by Gasteiger charge is 2.20. The van der Waals surface area contributed by atoms with Crippen molar-refractivity contribution in [2.24, 2.45) is 0 Å². The molecule has 108 valence electrons. The minimum atomic E-state index is -0.738. The fourth-order valence-corrected chi connectivity index (χ4v) is 2.07. The van der Waals surface area contributed by atoms with Crippen molar-refractivity contribution >= 4 is 39.1 Å². The van der Waals surface area contributed by atoms with E-state index in [2.05, 4.69) is 21.2 Å². The van der Waals surface area contributed by atoms with E-state index in [4.69, 9.17) is 0 Å². The molecule has 0 heterocycles. The minimum Gasteiger partial charge on any atom is -0.508 e. The van der Waals surface area contributed by atoms with Crippen molar-refractivity contribution < 1.29 is 14.7 Å². The van der Waals surface area contributed by atoms with Crippen molar-refractivity contribution in [2.75, 3.05) is 17.3 Å². The highest BCUT2D eigenvalue weighted by atomic mass is 79.9. The zero-order valence-corrected chi connectivity index (χ0v) is 12.8. The molecule has 0 unspecified atom stereocenters. The zero-order chi connectivity index (χ0) is 15.4. The number of para-hydroxylation sites is 1. The first-order valence-corrected chi connectivity index (χ1v) is 6.91. The van der Waals surface area contributed by atoms with Crippen LogP contribution in [0, 0.1) is 0 Å². The van der Waals surface area contributed by atoms with Gasteiger partial charge in [-0.3, -0.25) is 9.59 Å². The molecule has 6 heteroatoms. The van der Waals surface area contributed by atoms with Gasteiger partial charge in [0.05, 0.1) is 5.69 Å². The molecule has 5 nitrogen and oxygen atoms in total. The topological polar surface area (TPSA) is 69.6 Å². The Morgan fingerprint density at radius 3 is 2.33 bits per heavy atom. The molecule has 2 N–H and O–H groups in total. The average molecular weight is 349 g/mol. The molecular weight excluding hydrogens is 336 g/mol. The number of nitrogens with zero attached hydrogens (tertiary/aromatic N) is 1. The summed E-state index contributed by atoms with van der Waals surface area (Å²) < 4.78 is 0.693. The summed E-state index contributed by atoms with van der Waals surface area (Å²) >= 11 is 3.30. The van der Waals surface area contributed by atoms with E-state index in [0.29, 0.717) is 15.8 Å². The van der Waals surface area contributed by atoms with E-state index >= 15 is 0 Å². The molecule has 0 aliphatic carbocycles. The molecular formula is C15H13BrN2O3. The molecule has 0 fully saturated rings. The van der Waals surface area contributed by atoms with Gasteiger partial charge in [-0.1, -0.05) is 12.1 Å². The number of likely N-dealkylation sites (N-methyl/N-ethyl adjacent to an activating group) is 1. The lowest BCUT2D eigenvalue weighted by Gasteiger charge is -2.17. The van der Waals surface area contributed by atoms with Crippen LogP contribution < -0.4 is 10.2 Å². The van der Waals surface area contributed by atoms with E-state index < -0.39 is 11.8 Å². The Balaban J connectivity index is 2.10. The molecule has 0 aliphatic heterocycles. The number of hydrogen-bond donors (Lipinski definition) is 2. The van der Waals surface area contributed by atoms with E-state index in [1.54, 1.807) is 30.3 Å². The van der Waals surface area contributed by atoms with Gasteiger partial charge >= 0.3 is 11.8 Å². The maximum absolute atomic E-state index is 12.1. The van der Waals surface area contributed by atoms with E-state index in [1.165, 1.54) is 24.1 Å². The summed E-state index contributed by atoms with van der Waals surface area (Å²) in [4.78, 5) is 25.3. The number of amides is 2. The number of benzene rings is 2. The molecule has 0 radical (unpaired) electrons. The van der Waals surface area contributed by atoms with Crippen molar-refractivity contribution in [3.63, 3.8) is 0 Å². The smallest absolute Gasteiger partial charge is 0.316 e. The molecule has 0 saturated heterocycles. The van der Waals surface area contributed by atoms with Crippen LogP contribution in [0.3, 0.4) is 0 Å². The second-order valence-electron chi connectivity index (χ2n) is 4.31. The average Bonchev–Trinajstić information content (AvgIpc) is 2.49. The van der Waals surface area contributed by atoms with Crippen LogP contribution in [0.2, 0.25) is 0 Å². The predicted molar refractivity (Wildman–Crippen MR) is 84.3 cm³/mol. The number of carbonyl (C=O) groups is 2. The molecule has 0 atom stereocenters. The van der Waals surface area contributed by atoms with Gasteiger partial charge in [0, 0.05) is 17.2 Å². The van der Waals surface area contributed by atoms with Crippen LogP contribution in [0.25, 0.3) is 0 Å². The Kier molecular flexibility index (Phi) is 4.59. The summed E-state index contributed by atoms with van der Waals surface area (Å²) in [6.45, 7) is 0. The first-order chi connectivity index (χ1) is 9.99. The third-order valence-electron chi connectivity index (χ3n) is 2.86. The second kappa shape index (κ2) is 6.41. The molecule has 2 amide bonds. The number of phenols is 1. The first-order valence-electron chi connectivity index (χ1n) is 6.11. The maximum atomic E-state index is 12.1. The number of phenolic OH excluding ortho intramolecular Hbond substituents is 1. The highest BCUT2D eigenvalue weighted by molar-refractivity contribution is 9.10. The SMILES string of the molecule is CN(C(=O)C(=O)Nc1ccccc1Br)c1ccc(O)cc1.